The molecule has 6 heteroatoms. The fraction of sp³-hybridized carbons (Fsp3) is 0.267. The summed E-state index contributed by atoms with van der Waals surface area (Å²) in [5, 5.41) is 11.7. The monoisotopic (exact) mass is 310 g/mol. The first-order chi connectivity index (χ1) is 9.81. The predicted octanol–water partition coefficient (Wildman–Crippen LogP) is 4.87. The standard InChI is InChI=1S/C15H13F3N2S/c1-9-5-12(10(2)21-9)8-20-13-4-3-11(7-19)14(6-13)15(16,17)18/h3-6,20H,8H2,1-2H3. The maximum absolute atomic E-state index is 12.9. The van der Waals surface area contributed by atoms with Crippen LogP contribution in [0.3, 0.4) is 0 Å². The highest BCUT2D eigenvalue weighted by molar-refractivity contribution is 7.12. The van der Waals surface area contributed by atoms with Crippen molar-refractivity contribution in [3.8, 4) is 6.07 Å². The van der Waals surface area contributed by atoms with Gasteiger partial charge in [0.25, 0.3) is 0 Å². The van der Waals surface area contributed by atoms with Gasteiger partial charge in [0, 0.05) is 22.0 Å². The van der Waals surface area contributed by atoms with E-state index in [0.717, 1.165) is 16.5 Å². The quantitative estimate of drug-likeness (QED) is 0.878. The lowest BCUT2D eigenvalue weighted by molar-refractivity contribution is -0.137. The van der Waals surface area contributed by atoms with Crippen LogP contribution in [0, 0.1) is 25.2 Å². The van der Waals surface area contributed by atoms with Crippen LogP contribution in [-0.4, -0.2) is 0 Å². The zero-order valence-electron chi connectivity index (χ0n) is 11.5. The summed E-state index contributed by atoms with van der Waals surface area (Å²) >= 11 is 1.65. The Bertz CT molecular complexity index is 696. The molecule has 1 aromatic carbocycles. The average Bonchev–Trinajstić information content (AvgIpc) is 2.73. The Labute approximate surface area is 124 Å². The predicted molar refractivity (Wildman–Crippen MR) is 77.3 cm³/mol. The Morgan fingerprint density at radius 1 is 1.24 bits per heavy atom. The lowest BCUT2D eigenvalue weighted by Crippen LogP contribution is -2.09. The second-order valence-corrected chi connectivity index (χ2v) is 6.12. The molecule has 0 spiro atoms. The summed E-state index contributed by atoms with van der Waals surface area (Å²) in [7, 11) is 0. The summed E-state index contributed by atoms with van der Waals surface area (Å²) in [4.78, 5) is 2.31. The van der Waals surface area contributed by atoms with E-state index in [1.807, 2.05) is 19.9 Å². The lowest BCUT2D eigenvalue weighted by Gasteiger charge is -2.12. The number of hydrogen-bond acceptors (Lipinski definition) is 3. The van der Waals surface area contributed by atoms with Gasteiger partial charge in [0.2, 0.25) is 0 Å². The van der Waals surface area contributed by atoms with Gasteiger partial charge >= 0.3 is 6.18 Å². The molecule has 2 aromatic rings. The van der Waals surface area contributed by atoms with Crippen molar-refractivity contribution in [1.29, 1.82) is 5.26 Å². The zero-order valence-corrected chi connectivity index (χ0v) is 12.3. The van der Waals surface area contributed by atoms with Crippen molar-refractivity contribution in [3.05, 3.63) is 50.7 Å². The molecule has 110 valence electrons. The minimum Gasteiger partial charge on any atom is -0.381 e. The van der Waals surface area contributed by atoms with Gasteiger partial charge in [0.05, 0.1) is 17.2 Å². The highest BCUT2D eigenvalue weighted by Gasteiger charge is 2.33. The van der Waals surface area contributed by atoms with E-state index in [2.05, 4.69) is 5.32 Å². The van der Waals surface area contributed by atoms with Gasteiger partial charge in [-0.15, -0.1) is 11.3 Å². The molecule has 2 nitrogen and oxygen atoms in total. The van der Waals surface area contributed by atoms with Crippen LogP contribution in [0.25, 0.3) is 0 Å². The topological polar surface area (TPSA) is 35.8 Å². The molecule has 2 rings (SSSR count). The second kappa shape index (κ2) is 5.78. The van der Waals surface area contributed by atoms with Crippen LogP contribution in [0.15, 0.2) is 24.3 Å². The van der Waals surface area contributed by atoms with Gasteiger partial charge in [-0.2, -0.15) is 18.4 Å². The number of alkyl halides is 3. The normalized spacial score (nSPS) is 11.2. The highest BCUT2D eigenvalue weighted by Crippen LogP contribution is 2.33. The molecule has 0 saturated heterocycles. The Morgan fingerprint density at radius 3 is 2.48 bits per heavy atom. The van der Waals surface area contributed by atoms with Crippen LogP contribution < -0.4 is 5.32 Å². The van der Waals surface area contributed by atoms with Gasteiger partial charge in [-0.3, -0.25) is 0 Å². The number of nitrogens with zero attached hydrogens (tertiary/aromatic N) is 1. The summed E-state index contributed by atoms with van der Waals surface area (Å²) in [5.41, 5.74) is 0.142. The maximum atomic E-state index is 12.9. The van der Waals surface area contributed by atoms with Crippen LogP contribution in [0.4, 0.5) is 18.9 Å². The molecule has 1 heterocycles. The van der Waals surface area contributed by atoms with E-state index in [4.69, 9.17) is 5.26 Å². The summed E-state index contributed by atoms with van der Waals surface area (Å²) in [6, 6.07) is 7.24. The van der Waals surface area contributed by atoms with Crippen LogP contribution in [0.5, 0.6) is 0 Å². The Morgan fingerprint density at radius 2 is 1.95 bits per heavy atom. The van der Waals surface area contributed by atoms with E-state index in [9.17, 15) is 13.2 Å². The molecule has 0 amide bonds. The molecular weight excluding hydrogens is 297 g/mol. The third-order valence-electron chi connectivity index (χ3n) is 3.07. The Balaban J connectivity index is 2.22. The fourth-order valence-electron chi connectivity index (χ4n) is 2.04. The molecule has 0 saturated carbocycles. The number of anilines is 1. The van der Waals surface area contributed by atoms with E-state index in [0.29, 0.717) is 12.2 Å². The molecular formula is C15H13F3N2S. The van der Waals surface area contributed by atoms with Crippen LogP contribution in [0.1, 0.15) is 26.4 Å². The van der Waals surface area contributed by atoms with Crippen LogP contribution in [0.2, 0.25) is 0 Å². The van der Waals surface area contributed by atoms with E-state index in [1.54, 1.807) is 17.4 Å². The third-order valence-corrected chi connectivity index (χ3v) is 4.08. The summed E-state index contributed by atoms with van der Waals surface area (Å²) in [6.07, 6.45) is -4.53. The number of benzene rings is 1. The van der Waals surface area contributed by atoms with E-state index in [-0.39, 0.29) is 5.56 Å². The minimum absolute atomic E-state index is 0.351. The molecule has 0 fully saturated rings. The van der Waals surface area contributed by atoms with Crippen molar-refractivity contribution in [2.24, 2.45) is 0 Å². The van der Waals surface area contributed by atoms with Gasteiger partial charge < -0.3 is 5.32 Å². The first kappa shape index (κ1) is 15.4. The average molecular weight is 310 g/mol. The molecule has 0 aliphatic rings. The maximum Gasteiger partial charge on any atom is 0.417 e. The van der Waals surface area contributed by atoms with Crippen LogP contribution >= 0.6 is 11.3 Å². The largest absolute Gasteiger partial charge is 0.417 e. The molecule has 0 atom stereocenters. The second-order valence-electron chi connectivity index (χ2n) is 4.66. The highest BCUT2D eigenvalue weighted by atomic mass is 32.1. The van der Waals surface area contributed by atoms with Crippen molar-refractivity contribution in [2.75, 3.05) is 5.32 Å². The van der Waals surface area contributed by atoms with Crippen molar-refractivity contribution >= 4 is 17.0 Å². The number of nitrogens with one attached hydrogen (secondary N) is 1. The van der Waals surface area contributed by atoms with Crippen molar-refractivity contribution < 1.29 is 13.2 Å². The van der Waals surface area contributed by atoms with Gasteiger partial charge in [0.15, 0.2) is 0 Å². The zero-order chi connectivity index (χ0) is 15.6. The number of thiophene rings is 1. The fourth-order valence-corrected chi connectivity index (χ4v) is 2.99. The van der Waals surface area contributed by atoms with Crippen molar-refractivity contribution in [3.63, 3.8) is 0 Å². The SMILES string of the molecule is Cc1cc(CNc2ccc(C#N)c(C(F)(F)F)c2)c(C)s1. The van der Waals surface area contributed by atoms with Gasteiger partial charge in [-0.05, 0) is 43.7 Å². The molecule has 0 aliphatic heterocycles. The lowest BCUT2D eigenvalue weighted by atomic mass is 10.1. The minimum atomic E-state index is -4.53. The molecule has 1 aromatic heterocycles. The molecule has 0 aliphatic carbocycles. The summed E-state index contributed by atoms with van der Waals surface area (Å²) < 4.78 is 38.6. The number of hydrogen-bond donors (Lipinski definition) is 1. The van der Waals surface area contributed by atoms with E-state index < -0.39 is 11.7 Å². The number of aryl methyl sites for hydroxylation is 2. The Kier molecular flexibility index (Phi) is 4.24. The Hall–Kier alpha value is -2.00. The molecule has 1 N–H and O–H groups in total. The van der Waals surface area contributed by atoms with Gasteiger partial charge in [0.1, 0.15) is 0 Å². The van der Waals surface area contributed by atoms with Crippen molar-refractivity contribution in [2.45, 2.75) is 26.6 Å². The molecule has 0 radical (unpaired) electrons. The summed E-state index contributed by atoms with van der Waals surface area (Å²) in [5.74, 6) is 0. The van der Waals surface area contributed by atoms with E-state index >= 15 is 0 Å². The van der Waals surface area contributed by atoms with Gasteiger partial charge in [-0.25, -0.2) is 0 Å². The first-order valence-corrected chi connectivity index (χ1v) is 7.04. The first-order valence-electron chi connectivity index (χ1n) is 6.22. The molecule has 0 unspecified atom stereocenters. The molecule has 21 heavy (non-hydrogen) atoms. The molecule has 0 bridgehead atoms. The van der Waals surface area contributed by atoms with Gasteiger partial charge in [-0.1, -0.05) is 0 Å². The number of nitriles is 1. The number of halogens is 3. The summed E-state index contributed by atoms with van der Waals surface area (Å²) in [6.45, 7) is 4.43. The third kappa shape index (κ3) is 3.56. The van der Waals surface area contributed by atoms with E-state index in [1.165, 1.54) is 17.0 Å². The number of rotatable bonds is 3. The van der Waals surface area contributed by atoms with Crippen molar-refractivity contribution in [1.82, 2.24) is 0 Å². The smallest absolute Gasteiger partial charge is 0.381 e. The van der Waals surface area contributed by atoms with Crippen LogP contribution in [-0.2, 0) is 12.7 Å².